The second-order valence-corrected chi connectivity index (χ2v) is 6.93. The number of benzene rings is 2. The molecule has 1 N–H and O–H groups in total. The van der Waals surface area contributed by atoms with Crippen molar-refractivity contribution in [2.45, 2.75) is 13.8 Å². The first-order valence-electron chi connectivity index (χ1n) is 9.54. The number of hydrogen-bond donors (Lipinski definition) is 1. The maximum Gasteiger partial charge on any atom is 0.338 e. The molecule has 31 heavy (non-hydrogen) atoms. The van der Waals surface area contributed by atoms with E-state index in [1.807, 2.05) is 6.92 Å². The fraction of sp³-hybridized carbons (Fsp3) is 0.174. The molecule has 2 aromatic carbocycles. The van der Waals surface area contributed by atoms with E-state index in [2.05, 4.69) is 10.5 Å². The van der Waals surface area contributed by atoms with E-state index >= 15 is 0 Å². The summed E-state index contributed by atoms with van der Waals surface area (Å²) in [4.78, 5) is 23.6. The van der Waals surface area contributed by atoms with E-state index in [0.29, 0.717) is 34.5 Å². The first-order valence-corrected chi connectivity index (χ1v) is 9.92. The van der Waals surface area contributed by atoms with Crippen molar-refractivity contribution in [2.75, 3.05) is 13.2 Å². The number of ether oxygens (including phenoxy) is 2. The summed E-state index contributed by atoms with van der Waals surface area (Å²) in [6.07, 6.45) is 1.39. The van der Waals surface area contributed by atoms with E-state index in [-0.39, 0.29) is 12.6 Å². The molecule has 0 aliphatic rings. The molecular formula is C23H21ClN2O5. The number of halogens is 1. The van der Waals surface area contributed by atoms with Gasteiger partial charge in [0.25, 0.3) is 5.91 Å². The molecule has 0 bridgehead atoms. The molecule has 0 radical (unpaired) electrons. The third-order valence-electron chi connectivity index (χ3n) is 4.18. The van der Waals surface area contributed by atoms with Gasteiger partial charge in [0.2, 0.25) is 0 Å². The number of nitrogens with zero attached hydrogens (tertiary/aromatic N) is 1. The summed E-state index contributed by atoms with van der Waals surface area (Å²) < 4.78 is 16.1. The van der Waals surface area contributed by atoms with Crippen LogP contribution >= 0.6 is 11.6 Å². The van der Waals surface area contributed by atoms with Crippen LogP contribution in [-0.2, 0) is 9.53 Å². The van der Waals surface area contributed by atoms with Gasteiger partial charge < -0.3 is 13.9 Å². The van der Waals surface area contributed by atoms with Crippen molar-refractivity contribution in [3.63, 3.8) is 0 Å². The van der Waals surface area contributed by atoms with Crippen molar-refractivity contribution in [1.29, 1.82) is 0 Å². The van der Waals surface area contributed by atoms with Gasteiger partial charge in [0, 0.05) is 10.6 Å². The van der Waals surface area contributed by atoms with Gasteiger partial charge in [0.05, 0.1) is 18.4 Å². The summed E-state index contributed by atoms with van der Waals surface area (Å²) in [5.74, 6) is 0.858. The SMILES string of the molecule is CCOC(=O)c1ccc(-c2ccc(/C=N\NC(=O)COc3ccc(Cl)cc3C)o2)cc1. The molecule has 0 unspecified atom stereocenters. The van der Waals surface area contributed by atoms with Gasteiger partial charge in [-0.25, -0.2) is 10.2 Å². The molecule has 0 saturated carbocycles. The Hall–Kier alpha value is -3.58. The van der Waals surface area contributed by atoms with Gasteiger partial charge in [0.1, 0.15) is 17.3 Å². The van der Waals surface area contributed by atoms with E-state index in [9.17, 15) is 9.59 Å². The van der Waals surface area contributed by atoms with E-state index in [4.69, 9.17) is 25.5 Å². The molecule has 8 heteroatoms. The Morgan fingerprint density at radius 1 is 1.13 bits per heavy atom. The van der Waals surface area contributed by atoms with Crippen LogP contribution in [-0.4, -0.2) is 31.3 Å². The zero-order chi connectivity index (χ0) is 22.2. The van der Waals surface area contributed by atoms with Gasteiger partial charge in [-0.3, -0.25) is 4.79 Å². The number of nitrogens with one attached hydrogen (secondary N) is 1. The van der Waals surface area contributed by atoms with Crippen LogP contribution in [0, 0.1) is 6.92 Å². The molecule has 3 aromatic rings. The minimum atomic E-state index is -0.410. The number of esters is 1. The van der Waals surface area contributed by atoms with Gasteiger partial charge in [-0.05, 0) is 61.9 Å². The van der Waals surface area contributed by atoms with Crippen molar-refractivity contribution < 1.29 is 23.5 Å². The Bertz CT molecular complexity index is 1090. The van der Waals surface area contributed by atoms with E-state index < -0.39 is 5.91 Å². The quantitative estimate of drug-likeness (QED) is 0.313. The fourth-order valence-corrected chi connectivity index (χ4v) is 2.91. The van der Waals surface area contributed by atoms with Gasteiger partial charge in [-0.1, -0.05) is 23.7 Å². The van der Waals surface area contributed by atoms with Crippen LogP contribution in [0.25, 0.3) is 11.3 Å². The summed E-state index contributed by atoms with van der Waals surface area (Å²) in [6, 6.07) is 15.5. The minimum absolute atomic E-state index is 0.184. The predicted molar refractivity (Wildman–Crippen MR) is 118 cm³/mol. The van der Waals surface area contributed by atoms with E-state index in [1.54, 1.807) is 61.5 Å². The molecular weight excluding hydrogens is 420 g/mol. The number of aryl methyl sites for hydroxylation is 1. The zero-order valence-corrected chi connectivity index (χ0v) is 17.8. The highest BCUT2D eigenvalue weighted by Crippen LogP contribution is 2.23. The topological polar surface area (TPSA) is 90.1 Å². The van der Waals surface area contributed by atoms with Crippen molar-refractivity contribution in [1.82, 2.24) is 5.43 Å². The Labute approximate surface area is 184 Å². The average Bonchev–Trinajstić information content (AvgIpc) is 3.22. The molecule has 0 fully saturated rings. The molecule has 0 saturated heterocycles. The zero-order valence-electron chi connectivity index (χ0n) is 17.1. The fourth-order valence-electron chi connectivity index (χ4n) is 2.68. The van der Waals surface area contributed by atoms with Gasteiger partial charge in [-0.15, -0.1) is 0 Å². The summed E-state index contributed by atoms with van der Waals surface area (Å²) in [5, 5.41) is 4.48. The van der Waals surface area contributed by atoms with Crippen LogP contribution < -0.4 is 10.2 Å². The second-order valence-electron chi connectivity index (χ2n) is 6.49. The third-order valence-corrected chi connectivity index (χ3v) is 4.42. The Morgan fingerprint density at radius 3 is 2.61 bits per heavy atom. The standard InChI is InChI=1S/C23H21ClN2O5/c1-3-29-23(28)17-6-4-16(5-7-17)21-11-9-19(31-21)13-25-26-22(27)14-30-20-10-8-18(24)12-15(20)2/h4-13H,3,14H2,1-2H3,(H,26,27)/b25-13-. The lowest BCUT2D eigenvalue weighted by Crippen LogP contribution is -2.24. The number of carbonyl (C=O) groups excluding carboxylic acids is 2. The van der Waals surface area contributed by atoms with Crippen LogP contribution in [0.5, 0.6) is 5.75 Å². The van der Waals surface area contributed by atoms with Gasteiger partial charge >= 0.3 is 5.97 Å². The Morgan fingerprint density at radius 2 is 1.90 bits per heavy atom. The molecule has 0 spiro atoms. The lowest BCUT2D eigenvalue weighted by Gasteiger charge is -2.08. The summed E-state index contributed by atoms with van der Waals surface area (Å²) >= 11 is 5.90. The van der Waals surface area contributed by atoms with Crippen LogP contribution in [0.1, 0.15) is 28.6 Å². The van der Waals surface area contributed by atoms with Crippen LogP contribution in [0.2, 0.25) is 5.02 Å². The molecule has 1 aromatic heterocycles. The van der Waals surface area contributed by atoms with Gasteiger partial charge in [0.15, 0.2) is 6.61 Å². The Kier molecular flexibility index (Phi) is 7.45. The number of carbonyl (C=O) groups is 2. The molecule has 3 rings (SSSR count). The number of amides is 1. The van der Waals surface area contributed by atoms with Crippen molar-refractivity contribution in [2.24, 2.45) is 5.10 Å². The molecule has 160 valence electrons. The number of hydrogen-bond acceptors (Lipinski definition) is 6. The van der Waals surface area contributed by atoms with E-state index in [0.717, 1.165) is 11.1 Å². The number of rotatable bonds is 8. The highest BCUT2D eigenvalue weighted by Gasteiger charge is 2.09. The monoisotopic (exact) mass is 440 g/mol. The predicted octanol–water partition coefficient (Wildman–Crippen LogP) is 4.61. The van der Waals surface area contributed by atoms with Crippen LogP contribution in [0.15, 0.2) is 64.1 Å². The lowest BCUT2D eigenvalue weighted by atomic mass is 10.1. The molecule has 0 aliphatic heterocycles. The highest BCUT2D eigenvalue weighted by molar-refractivity contribution is 6.30. The van der Waals surface area contributed by atoms with E-state index in [1.165, 1.54) is 6.21 Å². The second kappa shape index (κ2) is 10.4. The summed E-state index contributed by atoms with van der Waals surface area (Å²) in [5.41, 5.74) is 4.48. The lowest BCUT2D eigenvalue weighted by molar-refractivity contribution is -0.123. The summed E-state index contributed by atoms with van der Waals surface area (Å²) in [6.45, 7) is 3.74. The smallest absolute Gasteiger partial charge is 0.338 e. The van der Waals surface area contributed by atoms with Crippen LogP contribution in [0.3, 0.4) is 0 Å². The van der Waals surface area contributed by atoms with Gasteiger partial charge in [-0.2, -0.15) is 5.10 Å². The molecule has 1 amide bonds. The largest absolute Gasteiger partial charge is 0.483 e. The molecule has 1 heterocycles. The first-order chi connectivity index (χ1) is 15.0. The average molecular weight is 441 g/mol. The van der Waals surface area contributed by atoms with Crippen molar-refractivity contribution >= 4 is 29.7 Å². The highest BCUT2D eigenvalue weighted by atomic mass is 35.5. The van der Waals surface area contributed by atoms with Crippen molar-refractivity contribution in [3.8, 4) is 17.1 Å². The molecule has 7 nitrogen and oxygen atoms in total. The van der Waals surface area contributed by atoms with Crippen molar-refractivity contribution in [3.05, 3.63) is 76.5 Å². The minimum Gasteiger partial charge on any atom is -0.483 e. The molecule has 0 atom stereocenters. The third kappa shape index (κ3) is 6.20. The maximum atomic E-state index is 11.9. The number of hydrazone groups is 1. The maximum absolute atomic E-state index is 11.9. The molecule has 0 aliphatic carbocycles. The van der Waals surface area contributed by atoms with Crippen LogP contribution in [0.4, 0.5) is 0 Å². The first kappa shape index (κ1) is 22.1. The normalized spacial score (nSPS) is 10.8. The summed E-state index contributed by atoms with van der Waals surface area (Å²) in [7, 11) is 0. The number of furan rings is 1. The Balaban J connectivity index is 1.52.